The number of aryl methyl sites for hydroxylation is 1. The summed E-state index contributed by atoms with van der Waals surface area (Å²) in [5.41, 5.74) is 7.01. The number of rotatable bonds is 18. The van der Waals surface area contributed by atoms with Crippen molar-refractivity contribution >= 4 is 0 Å². The normalized spacial score (nSPS) is 11.1. The first-order chi connectivity index (χ1) is 12.4. The zero-order chi connectivity index (χ0) is 17.8. The number of hydrogen-bond donors (Lipinski definition) is 1. The van der Waals surface area contributed by atoms with Crippen LogP contribution in [-0.4, -0.2) is 6.54 Å². The number of nitrogens with two attached hydrogens (primary N) is 1. The molecule has 1 aromatic carbocycles. The van der Waals surface area contributed by atoms with Crippen molar-refractivity contribution in [3.63, 3.8) is 0 Å². The van der Waals surface area contributed by atoms with Gasteiger partial charge in [-0.25, -0.2) is 0 Å². The molecule has 0 aliphatic carbocycles. The summed E-state index contributed by atoms with van der Waals surface area (Å²) in [6, 6.07) is 10.9. The molecule has 0 saturated carbocycles. The van der Waals surface area contributed by atoms with Gasteiger partial charge in [-0.3, -0.25) is 0 Å². The van der Waals surface area contributed by atoms with Crippen molar-refractivity contribution in [1.82, 2.24) is 0 Å². The topological polar surface area (TPSA) is 26.0 Å². The third kappa shape index (κ3) is 15.2. The van der Waals surface area contributed by atoms with Crippen molar-refractivity contribution in [2.75, 3.05) is 6.54 Å². The highest BCUT2D eigenvalue weighted by molar-refractivity contribution is 5.14. The molecule has 0 amide bonds. The highest BCUT2D eigenvalue weighted by Crippen LogP contribution is 2.14. The molecule has 1 rings (SSSR count). The molecule has 0 bridgehead atoms. The fourth-order valence-corrected chi connectivity index (χ4v) is 3.59. The van der Waals surface area contributed by atoms with Crippen LogP contribution in [0.25, 0.3) is 0 Å². The van der Waals surface area contributed by atoms with Crippen LogP contribution in [0.4, 0.5) is 0 Å². The average molecular weight is 346 g/mol. The second-order valence-corrected chi connectivity index (χ2v) is 7.68. The van der Waals surface area contributed by atoms with Crippen LogP contribution in [0.15, 0.2) is 30.3 Å². The Bertz CT molecular complexity index is 360. The van der Waals surface area contributed by atoms with Gasteiger partial charge in [-0.15, -0.1) is 0 Å². The van der Waals surface area contributed by atoms with Gasteiger partial charge in [0.25, 0.3) is 0 Å². The van der Waals surface area contributed by atoms with Gasteiger partial charge in [-0.2, -0.15) is 0 Å². The van der Waals surface area contributed by atoms with Gasteiger partial charge in [0.15, 0.2) is 0 Å². The monoisotopic (exact) mass is 345 g/mol. The number of unbranched alkanes of at least 4 members (excludes halogenated alkanes) is 15. The Balaban J connectivity index is 1.69. The van der Waals surface area contributed by atoms with Gasteiger partial charge in [0.2, 0.25) is 0 Å². The van der Waals surface area contributed by atoms with Crippen molar-refractivity contribution in [2.24, 2.45) is 5.73 Å². The van der Waals surface area contributed by atoms with E-state index in [2.05, 4.69) is 30.3 Å². The van der Waals surface area contributed by atoms with Crippen LogP contribution < -0.4 is 5.73 Å². The predicted octanol–water partition coefficient (Wildman–Crippen LogP) is 7.43. The van der Waals surface area contributed by atoms with E-state index in [1.54, 1.807) is 0 Å². The lowest BCUT2D eigenvalue weighted by Gasteiger charge is -2.04. The maximum absolute atomic E-state index is 5.51. The van der Waals surface area contributed by atoms with Gasteiger partial charge in [0.1, 0.15) is 0 Å². The fourth-order valence-electron chi connectivity index (χ4n) is 3.59. The minimum atomic E-state index is 0.869. The first kappa shape index (κ1) is 22.2. The van der Waals surface area contributed by atoms with E-state index < -0.39 is 0 Å². The minimum Gasteiger partial charge on any atom is -0.330 e. The largest absolute Gasteiger partial charge is 0.330 e. The standard InChI is InChI=1S/C24H43N/c25-23-19-14-12-10-8-6-4-2-1-3-5-7-9-11-13-16-20-24-21-17-15-18-22-24/h15,17-18,21-22H,1-14,16,19-20,23,25H2. The Morgan fingerprint density at radius 1 is 0.440 bits per heavy atom. The summed E-state index contributed by atoms with van der Waals surface area (Å²) in [7, 11) is 0. The molecule has 0 saturated heterocycles. The third-order valence-electron chi connectivity index (χ3n) is 5.26. The lowest BCUT2D eigenvalue weighted by molar-refractivity contribution is 0.528. The third-order valence-corrected chi connectivity index (χ3v) is 5.26. The molecule has 0 aromatic heterocycles. The summed E-state index contributed by atoms with van der Waals surface area (Å²) in [5.74, 6) is 0. The quantitative estimate of drug-likeness (QED) is 0.275. The first-order valence-corrected chi connectivity index (χ1v) is 11.2. The SMILES string of the molecule is NCCCCCCCCCCCCCCCCCCc1ccccc1. The van der Waals surface area contributed by atoms with Crippen LogP contribution >= 0.6 is 0 Å². The zero-order valence-corrected chi connectivity index (χ0v) is 16.7. The lowest BCUT2D eigenvalue weighted by Crippen LogP contribution is -1.97. The molecular weight excluding hydrogens is 302 g/mol. The van der Waals surface area contributed by atoms with Gasteiger partial charge < -0.3 is 5.73 Å². The Morgan fingerprint density at radius 3 is 1.20 bits per heavy atom. The van der Waals surface area contributed by atoms with E-state index in [1.807, 2.05) is 0 Å². The van der Waals surface area contributed by atoms with E-state index in [0.717, 1.165) is 6.54 Å². The van der Waals surface area contributed by atoms with Gasteiger partial charge in [0, 0.05) is 0 Å². The van der Waals surface area contributed by atoms with E-state index in [9.17, 15) is 0 Å². The second-order valence-electron chi connectivity index (χ2n) is 7.68. The van der Waals surface area contributed by atoms with Crippen LogP contribution in [-0.2, 0) is 6.42 Å². The van der Waals surface area contributed by atoms with Gasteiger partial charge in [-0.1, -0.05) is 120 Å². The summed E-state index contributed by atoms with van der Waals surface area (Å²) >= 11 is 0. The number of hydrogen-bond acceptors (Lipinski definition) is 1. The van der Waals surface area contributed by atoms with Gasteiger partial charge in [-0.05, 0) is 31.4 Å². The molecular formula is C24H43N. The molecule has 0 aliphatic rings. The van der Waals surface area contributed by atoms with Crippen molar-refractivity contribution in [3.8, 4) is 0 Å². The van der Waals surface area contributed by atoms with Crippen LogP contribution in [0, 0.1) is 0 Å². The maximum Gasteiger partial charge on any atom is -0.00773 e. The molecule has 0 heterocycles. The second kappa shape index (κ2) is 18.0. The molecule has 0 spiro atoms. The highest BCUT2D eigenvalue weighted by atomic mass is 14.5. The molecule has 1 heteroatoms. The molecule has 2 N–H and O–H groups in total. The summed E-state index contributed by atoms with van der Waals surface area (Å²) in [5, 5.41) is 0. The first-order valence-electron chi connectivity index (χ1n) is 11.2. The fraction of sp³-hybridized carbons (Fsp3) is 0.750. The predicted molar refractivity (Wildman–Crippen MR) is 113 cm³/mol. The molecule has 1 aromatic rings. The number of benzene rings is 1. The average Bonchev–Trinajstić information content (AvgIpc) is 2.65. The molecule has 1 nitrogen and oxygen atoms in total. The van der Waals surface area contributed by atoms with E-state index in [1.165, 1.54) is 115 Å². The van der Waals surface area contributed by atoms with Gasteiger partial charge in [0.05, 0.1) is 0 Å². The molecule has 0 fully saturated rings. The zero-order valence-electron chi connectivity index (χ0n) is 16.7. The summed E-state index contributed by atoms with van der Waals surface area (Å²) in [4.78, 5) is 0. The van der Waals surface area contributed by atoms with Crippen LogP contribution in [0.3, 0.4) is 0 Å². The van der Waals surface area contributed by atoms with Crippen LogP contribution in [0.5, 0.6) is 0 Å². The molecule has 0 unspecified atom stereocenters. The van der Waals surface area contributed by atoms with Crippen molar-refractivity contribution in [2.45, 2.75) is 109 Å². The Hall–Kier alpha value is -0.820. The molecule has 25 heavy (non-hydrogen) atoms. The molecule has 0 radical (unpaired) electrons. The lowest BCUT2D eigenvalue weighted by atomic mass is 10.0. The van der Waals surface area contributed by atoms with Crippen LogP contribution in [0.1, 0.15) is 108 Å². The smallest absolute Gasteiger partial charge is 0.00773 e. The van der Waals surface area contributed by atoms with Crippen LogP contribution in [0.2, 0.25) is 0 Å². The maximum atomic E-state index is 5.51. The van der Waals surface area contributed by atoms with E-state index in [-0.39, 0.29) is 0 Å². The summed E-state index contributed by atoms with van der Waals surface area (Å²) in [6.07, 6.45) is 23.9. The van der Waals surface area contributed by atoms with E-state index in [4.69, 9.17) is 5.73 Å². The van der Waals surface area contributed by atoms with Crippen molar-refractivity contribution in [1.29, 1.82) is 0 Å². The Kier molecular flexibility index (Phi) is 16.0. The minimum absolute atomic E-state index is 0.869. The van der Waals surface area contributed by atoms with Crippen molar-refractivity contribution < 1.29 is 0 Å². The summed E-state index contributed by atoms with van der Waals surface area (Å²) in [6.45, 7) is 0.869. The molecule has 0 aliphatic heterocycles. The summed E-state index contributed by atoms with van der Waals surface area (Å²) < 4.78 is 0. The molecule has 0 atom stereocenters. The van der Waals surface area contributed by atoms with Crippen molar-refractivity contribution in [3.05, 3.63) is 35.9 Å². The van der Waals surface area contributed by atoms with Gasteiger partial charge >= 0.3 is 0 Å². The Morgan fingerprint density at radius 2 is 0.800 bits per heavy atom. The highest BCUT2D eigenvalue weighted by Gasteiger charge is 1.95. The van der Waals surface area contributed by atoms with E-state index in [0.29, 0.717) is 0 Å². The Labute approximate surface area is 157 Å². The molecule has 144 valence electrons. The van der Waals surface area contributed by atoms with E-state index >= 15 is 0 Å².